The Morgan fingerprint density at radius 3 is 2.95 bits per heavy atom. The molecule has 1 aliphatic carbocycles. The van der Waals surface area contributed by atoms with Crippen molar-refractivity contribution in [2.45, 2.75) is 32.3 Å². The van der Waals surface area contributed by atoms with Crippen LogP contribution in [0.25, 0.3) is 0 Å². The molecule has 5 nitrogen and oxygen atoms in total. The first-order valence-electron chi connectivity index (χ1n) is 7.53. The minimum Gasteiger partial charge on any atom is -0.494 e. The topological polar surface area (TPSA) is 61.8 Å². The van der Waals surface area contributed by atoms with Gasteiger partial charge in [-0.3, -0.25) is 0 Å². The van der Waals surface area contributed by atoms with Gasteiger partial charge in [0.2, 0.25) is 0 Å². The zero-order valence-electron chi connectivity index (χ0n) is 12.7. The molecule has 0 saturated heterocycles. The van der Waals surface area contributed by atoms with Crippen LogP contribution in [0.5, 0.6) is 5.75 Å². The van der Waals surface area contributed by atoms with Crippen LogP contribution in [0, 0.1) is 5.92 Å². The molecule has 0 spiro atoms. The molecule has 1 aromatic carbocycles. The number of benzene rings is 1. The van der Waals surface area contributed by atoms with E-state index < -0.39 is 0 Å². The van der Waals surface area contributed by atoms with Gasteiger partial charge in [0, 0.05) is 31.3 Å². The molecular weight excluding hydrogens is 268 g/mol. The number of carbonyl (C=O) groups is 1. The number of nitrogens with one attached hydrogen (secondary N) is 1. The summed E-state index contributed by atoms with van der Waals surface area (Å²) >= 11 is 0. The third-order valence-corrected chi connectivity index (χ3v) is 3.87. The second-order valence-corrected chi connectivity index (χ2v) is 5.53. The van der Waals surface area contributed by atoms with Crippen LogP contribution >= 0.6 is 0 Å². The number of amides is 2. The van der Waals surface area contributed by atoms with Gasteiger partial charge in [0.15, 0.2) is 0 Å². The molecule has 0 radical (unpaired) electrons. The highest BCUT2D eigenvalue weighted by atomic mass is 16.5. The van der Waals surface area contributed by atoms with Crippen LogP contribution in [0.1, 0.15) is 26.2 Å². The van der Waals surface area contributed by atoms with Gasteiger partial charge in [0.1, 0.15) is 5.75 Å². The number of nitrogens with zero attached hydrogens (tertiary/aromatic N) is 1. The lowest BCUT2D eigenvalue weighted by atomic mass is 10.1. The fourth-order valence-corrected chi connectivity index (χ4v) is 2.71. The highest BCUT2D eigenvalue weighted by Gasteiger charge is 2.27. The lowest BCUT2D eigenvalue weighted by molar-refractivity contribution is 0.116. The fraction of sp³-hybridized carbons (Fsp3) is 0.562. The third kappa shape index (κ3) is 4.36. The smallest absolute Gasteiger partial charge is 0.321 e. The first kappa shape index (κ1) is 15.6. The zero-order chi connectivity index (χ0) is 15.2. The first-order chi connectivity index (χ1) is 10.1. The molecule has 2 amide bonds. The molecule has 116 valence electrons. The molecule has 2 rings (SSSR count). The van der Waals surface area contributed by atoms with E-state index in [4.69, 9.17) is 4.74 Å². The second kappa shape index (κ2) is 7.31. The summed E-state index contributed by atoms with van der Waals surface area (Å²) in [5.41, 5.74) is 0.713. The van der Waals surface area contributed by atoms with Gasteiger partial charge in [-0.15, -0.1) is 0 Å². The van der Waals surface area contributed by atoms with E-state index in [-0.39, 0.29) is 18.1 Å². The van der Waals surface area contributed by atoms with Crippen LogP contribution in [0.15, 0.2) is 24.3 Å². The summed E-state index contributed by atoms with van der Waals surface area (Å²) in [6, 6.07) is 7.18. The standard InChI is InChI=1S/C16H24N2O3/c1-3-21-14-8-5-7-13(10-14)17-16(20)18(2)11-12-6-4-9-15(12)19/h5,7-8,10,12,15,19H,3-4,6,9,11H2,1-2H3,(H,17,20). The predicted molar refractivity (Wildman–Crippen MR) is 82.6 cm³/mol. The Kier molecular flexibility index (Phi) is 5.44. The highest BCUT2D eigenvalue weighted by Crippen LogP contribution is 2.26. The number of aliphatic hydroxyl groups excluding tert-OH is 1. The Bertz CT molecular complexity index is 478. The van der Waals surface area contributed by atoms with Crippen LogP contribution < -0.4 is 10.1 Å². The summed E-state index contributed by atoms with van der Waals surface area (Å²) in [5, 5.41) is 12.7. The normalized spacial score (nSPS) is 21.1. The van der Waals surface area contributed by atoms with Crippen LogP contribution in [-0.2, 0) is 0 Å². The Labute approximate surface area is 125 Å². The van der Waals surface area contributed by atoms with Crippen molar-refractivity contribution >= 4 is 11.7 Å². The van der Waals surface area contributed by atoms with Crippen LogP contribution in [0.2, 0.25) is 0 Å². The largest absolute Gasteiger partial charge is 0.494 e. The average Bonchev–Trinajstić information content (AvgIpc) is 2.85. The molecule has 1 aromatic rings. The maximum Gasteiger partial charge on any atom is 0.321 e. The van der Waals surface area contributed by atoms with Gasteiger partial charge in [0.25, 0.3) is 0 Å². The molecule has 0 bridgehead atoms. The molecular formula is C16H24N2O3. The summed E-state index contributed by atoms with van der Waals surface area (Å²) in [5.74, 6) is 0.930. The van der Waals surface area contributed by atoms with E-state index in [2.05, 4.69) is 5.32 Å². The first-order valence-corrected chi connectivity index (χ1v) is 7.53. The van der Waals surface area contributed by atoms with Crippen molar-refractivity contribution in [1.29, 1.82) is 0 Å². The molecule has 5 heteroatoms. The van der Waals surface area contributed by atoms with Crippen molar-refractivity contribution in [2.75, 3.05) is 25.5 Å². The Morgan fingerprint density at radius 1 is 1.48 bits per heavy atom. The quantitative estimate of drug-likeness (QED) is 0.877. The van der Waals surface area contributed by atoms with Crippen LogP contribution in [0.3, 0.4) is 0 Å². The lowest BCUT2D eigenvalue weighted by Gasteiger charge is -2.23. The monoisotopic (exact) mass is 292 g/mol. The highest BCUT2D eigenvalue weighted by molar-refractivity contribution is 5.89. The molecule has 2 unspecified atom stereocenters. The van der Waals surface area contributed by atoms with Gasteiger partial charge in [-0.2, -0.15) is 0 Å². The number of hydrogen-bond donors (Lipinski definition) is 2. The van der Waals surface area contributed by atoms with Gasteiger partial charge in [-0.25, -0.2) is 4.79 Å². The molecule has 1 saturated carbocycles. The maximum absolute atomic E-state index is 12.2. The van der Waals surface area contributed by atoms with E-state index in [0.29, 0.717) is 18.8 Å². The van der Waals surface area contributed by atoms with Crippen molar-refractivity contribution in [3.63, 3.8) is 0 Å². The summed E-state index contributed by atoms with van der Waals surface area (Å²) in [4.78, 5) is 13.8. The molecule has 0 heterocycles. The third-order valence-electron chi connectivity index (χ3n) is 3.87. The summed E-state index contributed by atoms with van der Waals surface area (Å²) in [6.07, 6.45) is 2.59. The molecule has 2 N–H and O–H groups in total. The van der Waals surface area contributed by atoms with E-state index in [1.165, 1.54) is 0 Å². The Balaban J connectivity index is 1.89. The van der Waals surface area contributed by atoms with Crippen LogP contribution in [0.4, 0.5) is 10.5 Å². The van der Waals surface area contributed by atoms with E-state index in [1.807, 2.05) is 25.1 Å². The van der Waals surface area contributed by atoms with Gasteiger partial charge in [0.05, 0.1) is 12.7 Å². The molecule has 0 aliphatic heterocycles. The fourth-order valence-electron chi connectivity index (χ4n) is 2.71. The summed E-state index contributed by atoms with van der Waals surface area (Å²) < 4.78 is 5.41. The molecule has 21 heavy (non-hydrogen) atoms. The van der Waals surface area contributed by atoms with Crippen molar-refractivity contribution in [2.24, 2.45) is 5.92 Å². The maximum atomic E-state index is 12.2. The number of urea groups is 1. The SMILES string of the molecule is CCOc1cccc(NC(=O)N(C)CC2CCCC2O)c1. The number of anilines is 1. The number of hydrogen-bond acceptors (Lipinski definition) is 3. The molecule has 1 aliphatic rings. The van der Waals surface area contributed by atoms with Gasteiger partial charge in [-0.1, -0.05) is 12.5 Å². The molecule has 2 atom stereocenters. The predicted octanol–water partition coefficient (Wildman–Crippen LogP) is 2.71. The molecule has 1 fully saturated rings. The number of rotatable bonds is 5. The number of carbonyl (C=O) groups excluding carboxylic acids is 1. The minimum absolute atomic E-state index is 0.164. The molecule has 0 aromatic heterocycles. The van der Waals surface area contributed by atoms with Crippen LogP contribution in [-0.4, -0.2) is 42.3 Å². The zero-order valence-corrected chi connectivity index (χ0v) is 12.7. The van der Waals surface area contributed by atoms with E-state index in [9.17, 15) is 9.90 Å². The average molecular weight is 292 g/mol. The number of ether oxygens (including phenoxy) is 1. The summed E-state index contributed by atoms with van der Waals surface area (Å²) in [6.45, 7) is 3.10. The van der Waals surface area contributed by atoms with Crippen molar-refractivity contribution < 1.29 is 14.6 Å². The van der Waals surface area contributed by atoms with Gasteiger partial charge < -0.3 is 20.1 Å². The number of aliphatic hydroxyl groups is 1. The van der Waals surface area contributed by atoms with E-state index in [1.54, 1.807) is 18.0 Å². The van der Waals surface area contributed by atoms with E-state index in [0.717, 1.165) is 25.0 Å². The van der Waals surface area contributed by atoms with E-state index >= 15 is 0 Å². The Hall–Kier alpha value is -1.75. The van der Waals surface area contributed by atoms with Gasteiger partial charge >= 0.3 is 6.03 Å². The Morgan fingerprint density at radius 2 is 2.29 bits per heavy atom. The lowest BCUT2D eigenvalue weighted by Crippen LogP contribution is -2.37. The van der Waals surface area contributed by atoms with Crippen molar-refractivity contribution in [3.05, 3.63) is 24.3 Å². The van der Waals surface area contributed by atoms with Crippen molar-refractivity contribution in [3.8, 4) is 5.75 Å². The summed E-state index contributed by atoms with van der Waals surface area (Å²) in [7, 11) is 1.76. The van der Waals surface area contributed by atoms with Crippen molar-refractivity contribution in [1.82, 2.24) is 4.90 Å². The second-order valence-electron chi connectivity index (χ2n) is 5.53. The van der Waals surface area contributed by atoms with Gasteiger partial charge in [-0.05, 0) is 31.9 Å². The minimum atomic E-state index is -0.276.